The molecule has 0 spiro atoms. The summed E-state index contributed by atoms with van der Waals surface area (Å²) in [6.45, 7) is 4.98. The normalized spacial score (nSPS) is 16.6. The molecule has 3 heterocycles. The number of ether oxygens (including phenoxy) is 1. The van der Waals surface area contributed by atoms with Gasteiger partial charge in [0.15, 0.2) is 5.82 Å². The molecule has 128 valence electrons. The number of carbonyl (C=O) groups is 1. The maximum Gasteiger partial charge on any atom is 0.319 e. The first-order valence-corrected chi connectivity index (χ1v) is 8.00. The Morgan fingerprint density at radius 3 is 2.71 bits per heavy atom. The van der Waals surface area contributed by atoms with Gasteiger partial charge in [0.05, 0.1) is 11.9 Å². The van der Waals surface area contributed by atoms with Crippen LogP contribution in [0.4, 0.5) is 10.5 Å². The van der Waals surface area contributed by atoms with E-state index < -0.39 is 0 Å². The second-order valence-electron chi connectivity index (χ2n) is 5.89. The van der Waals surface area contributed by atoms with Gasteiger partial charge in [-0.15, -0.1) is 0 Å². The molecule has 1 aliphatic rings. The monoisotopic (exact) mass is 331 g/mol. The zero-order valence-electron chi connectivity index (χ0n) is 13.8. The molecule has 1 atom stereocenters. The lowest BCUT2D eigenvalue weighted by Crippen LogP contribution is -2.38. The van der Waals surface area contributed by atoms with Gasteiger partial charge in [-0.1, -0.05) is 5.16 Å². The fraction of sp³-hybridized carbons (Fsp3) is 0.500. The number of nitrogens with one attached hydrogen (secondary N) is 2. The Balaban J connectivity index is 1.70. The number of carbonyl (C=O) groups excluding carboxylic acids is 1. The van der Waals surface area contributed by atoms with Gasteiger partial charge in [0.2, 0.25) is 5.89 Å². The van der Waals surface area contributed by atoms with Crippen LogP contribution in [-0.2, 0) is 4.74 Å². The highest BCUT2D eigenvalue weighted by Gasteiger charge is 2.31. The van der Waals surface area contributed by atoms with E-state index in [1.165, 1.54) is 0 Å². The first-order chi connectivity index (χ1) is 11.6. The summed E-state index contributed by atoms with van der Waals surface area (Å²) >= 11 is 0. The summed E-state index contributed by atoms with van der Waals surface area (Å²) in [4.78, 5) is 20.8. The Morgan fingerprint density at radius 1 is 1.29 bits per heavy atom. The number of pyridine rings is 1. The average molecular weight is 331 g/mol. The first kappa shape index (κ1) is 16.4. The largest absolute Gasteiger partial charge is 0.381 e. The van der Waals surface area contributed by atoms with Gasteiger partial charge in [0.1, 0.15) is 6.04 Å². The molecular weight excluding hydrogens is 310 g/mol. The van der Waals surface area contributed by atoms with Crippen LogP contribution in [-0.4, -0.2) is 34.4 Å². The minimum absolute atomic E-state index is 0.195. The zero-order chi connectivity index (χ0) is 16.9. The van der Waals surface area contributed by atoms with Gasteiger partial charge in [-0.25, -0.2) is 4.79 Å². The molecule has 0 radical (unpaired) electrons. The number of hydrogen-bond acceptors (Lipinski definition) is 6. The third-order valence-electron chi connectivity index (χ3n) is 4.00. The van der Waals surface area contributed by atoms with Gasteiger partial charge < -0.3 is 19.9 Å². The molecule has 24 heavy (non-hydrogen) atoms. The van der Waals surface area contributed by atoms with Crippen molar-refractivity contribution in [2.45, 2.75) is 32.7 Å². The van der Waals surface area contributed by atoms with Crippen molar-refractivity contribution in [1.29, 1.82) is 0 Å². The van der Waals surface area contributed by atoms with Crippen LogP contribution >= 0.6 is 0 Å². The van der Waals surface area contributed by atoms with E-state index in [1.807, 2.05) is 19.1 Å². The summed E-state index contributed by atoms with van der Waals surface area (Å²) in [6.07, 6.45) is 3.28. The van der Waals surface area contributed by atoms with Crippen LogP contribution in [0.25, 0.3) is 0 Å². The molecule has 0 bridgehead atoms. The number of aromatic nitrogens is 3. The molecule has 8 nitrogen and oxygen atoms in total. The van der Waals surface area contributed by atoms with Gasteiger partial charge in [0, 0.05) is 18.9 Å². The highest BCUT2D eigenvalue weighted by Crippen LogP contribution is 2.29. The summed E-state index contributed by atoms with van der Waals surface area (Å²) in [5.74, 6) is 1.17. The van der Waals surface area contributed by atoms with E-state index >= 15 is 0 Å². The summed E-state index contributed by atoms with van der Waals surface area (Å²) in [5.41, 5.74) is 1.52. The smallest absolute Gasteiger partial charge is 0.319 e. The van der Waals surface area contributed by atoms with Crippen LogP contribution in [0.15, 0.2) is 22.9 Å². The van der Waals surface area contributed by atoms with Crippen molar-refractivity contribution in [3.8, 4) is 0 Å². The third-order valence-corrected chi connectivity index (χ3v) is 4.00. The van der Waals surface area contributed by atoms with Crippen LogP contribution in [0, 0.1) is 19.8 Å². The number of nitrogens with zero attached hydrogens (tertiary/aromatic N) is 3. The molecule has 3 rings (SSSR count). The topological polar surface area (TPSA) is 102 Å². The van der Waals surface area contributed by atoms with Crippen molar-refractivity contribution >= 4 is 11.7 Å². The molecule has 1 aliphatic heterocycles. The maximum absolute atomic E-state index is 12.4. The molecule has 0 aromatic carbocycles. The van der Waals surface area contributed by atoms with Gasteiger partial charge in [-0.2, -0.15) is 4.98 Å². The number of urea groups is 1. The van der Waals surface area contributed by atoms with Gasteiger partial charge in [-0.05, 0) is 44.7 Å². The van der Waals surface area contributed by atoms with E-state index in [2.05, 4.69) is 25.8 Å². The molecule has 0 saturated carbocycles. The second-order valence-corrected chi connectivity index (χ2v) is 5.89. The molecule has 1 saturated heterocycles. The van der Waals surface area contributed by atoms with Crippen LogP contribution in [0.5, 0.6) is 0 Å². The Morgan fingerprint density at radius 2 is 2.08 bits per heavy atom. The van der Waals surface area contributed by atoms with Crippen molar-refractivity contribution in [2.24, 2.45) is 5.92 Å². The standard InChI is InChI=1S/C16H21N5O3/c1-10-3-4-13(9-17-10)19-16(22)20-14(12-5-7-23-8-6-12)15-18-11(2)21-24-15/h3-4,9,12,14H,5-8H2,1-2H3,(H2,19,20,22)/t14-/m0/s1. The summed E-state index contributed by atoms with van der Waals surface area (Å²) in [5, 5.41) is 9.57. The van der Waals surface area contributed by atoms with Crippen LogP contribution in [0.2, 0.25) is 0 Å². The number of amides is 2. The molecule has 2 aromatic heterocycles. The lowest BCUT2D eigenvalue weighted by molar-refractivity contribution is 0.0506. The van der Waals surface area contributed by atoms with E-state index in [1.54, 1.807) is 13.1 Å². The van der Waals surface area contributed by atoms with E-state index in [4.69, 9.17) is 9.26 Å². The Hall–Kier alpha value is -2.48. The van der Waals surface area contributed by atoms with E-state index in [-0.39, 0.29) is 18.0 Å². The predicted octanol–water partition coefficient (Wildman–Crippen LogP) is 2.37. The molecule has 2 amide bonds. The Bertz CT molecular complexity index is 679. The lowest BCUT2D eigenvalue weighted by atomic mass is 9.91. The number of rotatable bonds is 4. The number of hydrogen-bond donors (Lipinski definition) is 2. The quantitative estimate of drug-likeness (QED) is 0.892. The fourth-order valence-corrected chi connectivity index (χ4v) is 2.72. The number of anilines is 1. The predicted molar refractivity (Wildman–Crippen MR) is 86.4 cm³/mol. The minimum Gasteiger partial charge on any atom is -0.381 e. The SMILES string of the molecule is Cc1ccc(NC(=O)N[C@H](c2nc(C)no2)C2CCOCC2)cn1. The van der Waals surface area contributed by atoms with Crippen molar-refractivity contribution in [1.82, 2.24) is 20.4 Å². The average Bonchev–Trinajstić information content (AvgIpc) is 3.02. The van der Waals surface area contributed by atoms with Gasteiger partial charge in [-0.3, -0.25) is 4.98 Å². The van der Waals surface area contributed by atoms with Crippen molar-refractivity contribution in [3.05, 3.63) is 35.7 Å². The molecule has 2 N–H and O–H groups in total. The Labute approximate surface area is 140 Å². The molecule has 2 aromatic rings. The van der Waals surface area contributed by atoms with E-state index in [0.717, 1.165) is 18.5 Å². The lowest BCUT2D eigenvalue weighted by Gasteiger charge is -2.28. The van der Waals surface area contributed by atoms with Gasteiger partial charge in [0.25, 0.3) is 0 Å². The van der Waals surface area contributed by atoms with E-state index in [0.29, 0.717) is 30.6 Å². The van der Waals surface area contributed by atoms with Crippen LogP contribution in [0.3, 0.4) is 0 Å². The van der Waals surface area contributed by atoms with Crippen LogP contribution in [0.1, 0.15) is 36.3 Å². The molecule has 1 fully saturated rings. The zero-order valence-corrected chi connectivity index (χ0v) is 13.8. The summed E-state index contributed by atoms with van der Waals surface area (Å²) in [7, 11) is 0. The molecule has 8 heteroatoms. The fourth-order valence-electron chi connectivity index (χ4n) is 2.72. The minimum atomic E-state index is -0.339. The van der Waals surface area contributed by atoms with Crippen molar-refractivity contribution in [3.63, 3.8) is 0 Å². The molecular formula is C16H21N5O3. The summed E-state index contributed by atoms with van der Waals surface area (Å²) < 4.78 is 10.7. The van der Waals surface area contributed by atoms with Crippen molar-refractivity contribution < 1.29 is 14.1 Å². The summed E-state index contributed by atoms with van der Waals surface area (Å²) in [6, 6.07) is 2.98. The highest BCUT2D eigenvalue weighted by atomic mass is 16.5. The first-order valence-electron chi connectivity index (χ1n) is 8.00. The Kier molecular flexibility index (Phi) is 5.05. The van der Waals surface area contributed by atoms with Crippen LogP contribution < -0.4 is 10.6 Å². The van der Waals surface area contributed by atoms with Gasteiger partial charge >= 0.3 is 6.03 Å². The maximum atomic E-state index is 12.4. The number of aryl methyl sites for hydroxylation is 2. The second kappa shape index (κ2) is 7.39. The van der Waals surface area contributed by atoms with E-state index in [9.17, 15) is 4.79 Å². The molecule has 0 unspecified atom stereocenters. The van der Waals surface area contributed by atoms with Crippen molar-refractivity contribution in [2.75, 3.05) is 18.5 Å². The molecule has 0 aliphatic carbocycles. The highest BCUT2D eigenvalue weighted by molar-refractivity contribution is 5.89. The third kappa shape index (κ3) is 4.08.